The van der Waals surface area contributed by atoms with Crippen LogP contribution >= 0.6 is 0 Å². The monoisotopic (exact) mass is 398 g/mol. The second-order valence-electron chi connectivity index (χ2n) is 7.61. The van der Waals surface area contributed by atoms with Gasteiger partial charge in [-0.05, 0) is 69.7 Å². The zero-order valence-corrected chi connectivity index (χ0v) is 17.9. The Kier molecular flexibility index (Phi) is 5.17. The van der Waals surface area contributed by atoms with Gasteiger partial charge in [0.05, 0.1) is 5.57 Å². The smallest absolute Gasteiger partial charge is 0.197 e. The van der Waals surface area contributed by atoms with Crippen LogP contribution in [0.4, 0.5) is 5.69 Å². The predicted molar refractivity (Wildman–Crippen MR) is 122 cm³/mol. The van der Waals surface area contributed by atoms with E-state index in [1.807, 2.05) is 19.9 Å². The molecule has 0 unspecified atom stereocenters. The summed E-state index contributed by atoms with van der Waals surface area (Å²) >= 11 is 0. The molecule has 1 aliphatic carbocycles. The lowest BCUT2D eigenvalue weighted by atomic mass is 10.1. The summed E-state index contributed by atoms with van der Waals surface area (Å²) in [6.07, 6.45) is 1.74. The normalized spacial score (nSPS) is 13.0. The number of fused-ring (bicyclic) bond motifs is 1. The molecule has 0 amide bonds. The van der Waals surface area contributed by atoms with Crippen molar-refractivity contribution in [2.45, 2.75) is 27.7 Å². The molecule has 2 aromatic carbocycles. The van der Waals surface area contributed by atoms with Crippen molar-refractivity contribution in [2.75, 3.05) is 18.0 Å². The van der Waals surface area contributed by atoms with Crippen molar-refractivity contribution in [3.8, 4) is 5.69 Å². The lowest BCUT2D eigenvalue weighted by molar-refractivity contribution is 0.0990. The highest BCUT2D eigenvalue weighted by atomic mass is 16.2. The Balaban J connectivity index is 1.71. The van der Waals surface area contributed by atoms with Gasteiger partial charge in [-0.1, -0.05) is 24.3 Å². The van der Waals surface area contributed by atoms with Gasteiger partial charge in [0.15, 0.2) is 11.6 Å². The van der Waals surface area contributed by atoms with Crippen molar-refractivity contribution in [2.24, 2.45) is 0 Å². The molecule has 4 heteroatoms. The number of hydrogen-bond donors (Lipinski definition) is 0. The van der Waals surface area contributed by atoms with Crippen LogP contribution in [0, 0.1) is 13.8 Å². The minimum atomic E-state index is -0.191. The van der Waals surface area contributed by atoms with Gasteiger partial charge in [-0.15, -0.1) is 0 Å². The first-order chi connectivity index (χ1) is 14.5. The van der Waals surface area contributed by atoms with Crippen molar-refractivity contribution in [3.63, 3.8) is 0 Å². The van der Waals surface area contributed by atoms with Gasteiger partial charge in [0.1, 0.15) is 0 Å². The van der Waals surface area contributed by atoms with Gasteiger partial charge in [0, 0.05) is 47.0 Å². The molecule has 0 radical (unpaired) electrons. The third-order valence-corrected chi connectivity index (χ3v) is 5.91. The van der Waals surface area contributed by atoms with Crippen LogP contribution in [0.5, 0.6) is 0 Å². The minimum Gasteiger partial charge on any atom is -0.372 e. The zero-order chi connectivity index (χ0) is 21.4. The Morgan fingerprint density at radius 2 is 1.43 bits per heavy atom. The number of aromatic nitrogens is 1. The molecule has 0 aliphatic heterocycles. The summed E-state index contributed by atoms with van der Waals surface area (Å²) in [7, 11) is 0. The largest absolute Gasteiger partial charge is 0.372 e. The van der Waals surface area contributed by atoms with E-state index in [4.69, 9.17) is 0 Å². The Hall–Kier alpha value is -3.40. The summed E-state index contributed by atoms with van der Waals surface area (Å²) in [6.45, 7) is 10.3. The highest BCUT2D eigenvalue weighted by Gasteiger charge is 2.32. The van der Waals surface area contributed by atoms with E-state index < -0.39 is 0 Å². The molecule has 30 heavy (non-hydrogen) atoms. The topological polar surface area (TPSA) is 42.3 Å². The van der Waals surface area contributed by atoms with Crippen LogP contribution < -0.4 is 4.90 Å². The molecule has 1 aromatic heterocycles. The van der Waals surface area contributed by atoms with Crippen molar-refractivity contribution in [1.29, 1.82) is 0 Å². The van der Waals surface area contributed by atoms with Gasteiger partial charge in [-0.25, -0.2) is 0 Å². The number of ketones is 2. The number of Topliss-reactive ketones (excluding diaryl/α,β-unsaturated/α-hetero) is 2. The van der Waals surface area contributed by atoms with Crippen molar-refractivity contribution < 1.29 is 9.59 Å². The van der Waals surface area contributed by atoms with E-state index in [1.165, 1.54) is 5.69 Å². The van der Waals surface area contributed by atoms with E-state index in [9.17, 15) is 9.59 Å². The van der Waals surface area contributed by atoms with Crippen LogP contribution in [0.15, 0.2) is 60.2 Å². The molecular weight excluding hydrogens is 372 g/mol. The van der Waals surface area contributed by atoms with Gasteiger partial charge < -0.3 is 9.47 Å². The maximum absolute atomic E-state index is 12.7. The third-order valence-electron chi connectivity index (χ3n) is 5.91. The maximum atomic E-state index is 12.7. The summed E-state index contributed by atoms with van der Waals surface area (Å²) in [5.41, 5.74) is 6.46. The molecule has 1 heterocycles. The van der Waals surface area contributed by atoms with Gasteiger partial charge in [-0.3, -0.25) is 9.59 Å². The van der Waals surface area contributed by atoms with E-state index in [0.717, 1.165) is 35.7 Å². The molecule has 0 bridgehead atoms. The first-order valence-electron chi connectivity index (χ1n) is 10.4. The van der Waals surface area contributed by atoms with Crippen LogP contribution in [0.3, 0.4) is 0 Å². The molecule has 0 spiro atoms. The molecule has 0 atom stereocenters. The lowest BCUT2D eigenvalue weighted by Crippen LogP contribution is -2.21. The molecule has 3 aromatic rings. The second-order valence-corrected chi connectivity index (χ2v) is 7.61. The Morgan fingerprint density at radius 1 is 0.867 bits per heavy atom. The van der Waals surface area contributed by atoms with E-state index in [2.05, 4.69) is 47.6 Å². The number of nitrogens with zero attached hydrogens (tertiary/aromatic N) is 2. The number of hydrogen-bond acceptors (Lipinski definition) is 3. The number of allylic oxidation sites excluding steroid dienone is 1. The molecule has 0 saturated carbocycles. The number of carbonyl (C=O) groups is 2. The number of rotatable bonds is 5. The summed E-state index contributed by atoms with van der Waals surface area (Å²) in [6, 6.07) is 17.6. The number of benzene rings is 2. The van der Waals surface area contributed by atoms with Gasteiger partial charge in [0.2, 0.25) is 0 Å². The van der Waals surface area contributed by atoms with Crippen LogP contribution in [0.2, 0.25) is 0 Å². The Bertz CT molecular complexity index is 1130. The van der Waals surface area contributed by atoms with Crippen molar-refractivity contribution in [3.05, 3.63) is 88.2 Å². The fourth-order valence-electron chi connectivity index (χ4n) is 4.29. The highest BCUT2D eigenvalue weighted by molar-refractivity contribution is 6.41. The summed E-state index contributed by atoms with van der Waals surface area (Å²) in [4.78, 5) is 27.8. The second kappa shape index (κ2) is 7.79. The standard InChI is InChI=1S/C26H26N2O2/c1-5-27(6-2)20-11-13-21(14-12-20)28-17(3)15-19(18(28)4)16-24-25(29)22-9-7-8-10-23(22)26(24)30/h7-16H,5-6H2,1-4H3. The Labute approximate surface area is 177 Å². The fourth-order valence-corrected chi connectivity index (χ4v) is 4.29. The maximum Gasteiger partial charge on any atom is 0.197 e. The number of carbonyl (C=O) groups excluding carboxylic acids is 2. The summed E-state index contributed by atoms with van der Waals surface area (Å²) in [5, 5.41) is 0. The van der Waals surface area contributed by atoms with E-state index in [1.54, 1.807) is 30.3 Å². The Morgan fingerprint density at radius 3 is 1.97 bits per heavy atom. The lowest BCUT2D eigenvalue weighted by Gasteiger charge is -2.21. The first kappa shape index (κ1) is 19.9. The van der Waals surface area contributed by atoms with Gasteiger partial charge in [-0.2, -0.15) is 0 Å². The van der Waals surface area contributed by atoms with Gasteiger partial charge >= 0.3 is 0 Å². The molecule has 0 saturated heterocycles. The van der Waals surface area contributed by atoms with E-state index in [-0.39, 0.29) is 17.1 Å². The third kappa shape index (κ3) is 3.18. The quantitative estimate of drug-likeness (QED) is 0.427. The van der Waals surface area contributed by atoms with E-state index in [0.29, 0.717) is 11.1 Å². The molecule has 0 fully saturated rings. The molecule has 4 nitrogen and oxygen atoms in total. The number of aryl methyl sites for hydroxylation is 1. The zero-order valence-electron chi connectivity index (χ0n) is 17.9. The average Bonchev–Trinajstić information content (AvgIpc) is 3.17. The summed E-state index contributed by atoms with van der Waals surface area (Å²) in [5.74, 6) is -0.382. The van der Waals surface area contributed by atoms with Crippen molar-refractivity contribution >= 4 is 23.3 Å². The van der Waals surface area contributed by atoms with Crippen LogP contribution in [-0.2, 0) is 0 Å². The van der Waals surface area contributed by atoms with Crippen LogP contribution in [-0.4, -0.2) is 29.2 Å². The molecule has 152 valence electrons. The van der Waals surface area contributed by atoms with Crippen LogP contribution in [0.1, 0.15) is 51.5 Å². The van der Waals surface area contributed by atoms with Crippen LogP contribution in [0.25, 0.3) is 11.8 Å². The highest BCUT2D eigenvalue weighted by Crippen LogP contribution is 2.30. The minimum absolute atomic E-state index is 0.191. The molecule has 4 rings (SSSR count). The SMILES string of the molecule is CCN(CC)c1ccc(-n2c(C)cc(C=C3C(=O)c4ccccc4C3=O)c2C)cc1. The number of anilines is 1. The molecule has 1 aliphatic rings. The average molecular weight is 399 g/mol. The molecular formula is C26H26N2O2. The summed E-state index contributed by atoms with van der Waals surface area (Å²) < 4.78 is 2.16. The molecule has 0 N–H and O–H groups in total. The van der Waals surface area contributed by atoms with Crippen molar-refractivity contribution in [1.82, 2.24) is 4.57 Å². The van der Waals surface area contributed by atoms with Gasteiger partial charge in [0.25, 0.3) is 0 Å². The predicted octanol–water partition coefficient (Wildman–Crippen LogP) is 5.40. The fraction of sp³-hybridized carbons (Fsp3) is 0.231. The van der Waals surface area contributed by atoms with E-state index >= 15 is 0 Å². The first-order valence-corrected chi connectivity index (χ1v) is 10.4.